The van der Waals surface area contributed by atoms with Gasteiger partial charge < -0.3 is 15.2 Å². The van der Waals surface area contributed by atoms with E-state index in [1.54, 1.807) is 0 Å². The summed E-state index contributed by atoms with van der Waals surface area (Å²) < 4.78 is 2.23. The molecule has 2 N–H and O–H groups in total. The second-order valence-electron chi connectivity index (χ2n) is 8.00. The summed E-state index contributed by atoms with van der Waals surface area (Å²) in [5, 5.41) is 6.63. The molecule has 5 heteroatoms. The van der Waals surface area contributed by atoms with Gasteiger partial charge in [0.15, 0.2) is 0 Å². The molecular weight excluding hydrogens is 324 g/mol. The van der Waals surface area contributed by atoms with Gasteiger partial charge in [-0.05, 0) is 70.7 Å². The van der Waals surface area contributed by atoms with Crippen LogP contribution in [0.4, 0.5) is 0 Å². The third-order valence-corrected chi connectivity index (χ3v) is 5.55. The number of para-hydroxylation sites is 2. The van der Waals surface area contributed by atoms with Crippen LogP contribution in [-0.4, -0.2) is 28.5 Å². The molecule has 0 radical (unpaired) electrons. The molecule has 1 aromatic carbocycles. The maximum atomic E-state index is 12.6. The van der Waals surface area contributed by atoms with E-state index in [1.165, 1.54) is 12.8 Å². The molecular formula is C21H32N4O. The lowest BCUT2D eigenvalue weighted by atomic mass is 9.85. The number of hydrogen-bond donors (Lipinski definition) is 2. The quantitative estimate of drug-likeness (QED) is 0.827. The van der Waals surface area contributed by atoms with E-state index in [1.807, 2.05) is 25.1 Å². The van der Waals surface area contributed by atoms with Crippen molar-refractivity contribution in [2.75, 3.05) is 13.1 Å². The monoisotopic (exact) mass is 356 g/mol. The summed E-state index contributed by atoms with van der Waals surface area (Å²) in [6.45, 7) is 10.7. The van der Waals surface area contributed by atoms with Crippen LogP contribution in [0.5, 0.6) is 0 Å². The number of fused-ring (bicyclic) bond motifs is 1. The first-order valence-corrected chi connectivity index (χ1v) is 9.94. The Morgan fingerprint density at radius 2 is 2.08 bits per heavy atom. The molecule has 1 aromatic heterocycles. The zero-order valence-electron chi connectivity index (χ0n) is 16.5. The Kier molecular flexibility index (Phi) is 5.97. The Morgan fingerprint density at radius 3 is 2.77 bits per heavy atom. The van der Waals surface area contributed by atoms with Gasteiger partial charge in [0.1, 0.15) is 5.82 Å². The smallest absolute Gasteiger partial charge is 0.220 e. The first-order chi connectivity index (χ1) is 12.5. The summed E-state index contributed by atoms with van der Waals surface area (Å²) in [7, 11) is 0. The van der Waals surface area contributed by atoms with Crippen LogP contribution in [0.25, 0.3) is 11.0 Å². The van der Waals surface area contributed by atoms with E-state index >= 15 is 0 Å². The highest BCUT2D eigenvalue weighted by Crippen LogP contribution is 2.26. The number of rotatable bonds is 6. The minimum Gasteiger partial charge on any atom is -0.346 e. The average molecular weight is 357 g/mol. The molecule has 3 unspecified atom stereocenters. The molecule has 3 atom stereocenters. The SMILES string of the molecule is CC(NC(=O)CC(C)C1CCCNC1)c1nc2ccccc2n1C(C)C. The summed E-state index contributed by atoms with van der Waals surface area (Å²) >= 11 is 0. The highest BCUT2D eigenvalue weighted by Gasteiger charge is 2.24. The van der Waals surface area contributed by atoms with E-state index in [9.17, 15) is 4.79 Å². The van der Waals surface area contributed by atoms with Crippen LogP contribution in [0.1, 0.15) is 64.9 Å². The van der Waals surface area contributed by atoms with Gasteiger partial charge in [0.05, 0.1) is 17.1 Å². The van der Waals surface area contributed by atoms with Crippen LogP contribution in [0.3, 0.4) is 0 Å². The summed E-state index contributed by atoms with van der Waals surface area (Å²) in [4.78, 5) is 17.4. The van der Waals surface area contributed by atoms with Crippen LogP contribution < -0.4 is 10.6 Å². The minimum absolute atomic E-state index is 0.103. The Balaban J connectivity index is 1.69. The summed E-state index contributed by atoms with van der Waals surface area (Å²) in [5.41, 5.74) is 2.11. The van der Waals surface area contributed by atoms with Gasteiger partial charge in [0.2, 0.25) is 5.91 Å². The molecule has 3 rings (SSSR count). The number of hydrogen-bond acceptors (Lipinski definition) is 3. The molecule has 1 amide bonds. The normalized spacial score (nSPS) is 20.3. The molecule has 26 heavy (non-hydrogen) atoms. The number of carbonyl (C=O) groups excluding carboxylic acids is 1. The fourth-order valence-corrected chi connectivity index (χ4v) is 4.10. The minimum atomic E-state index is -0.103. The first-order valence-electron chi connectivity index (χ1n) is 9.94. The van der Waals surface area contributed by atoms with Crippen molar-refractivity contribution in [3.8, 4) is 0 Å². The third kappa shape index (κ3) is 4.09. The lowest BCUT2D eigenvalue weighted by Crippen LogP contribution is -2.36. The molecule has 0 bridgehead atoms. The van der Waals surface area contributed by atoms with Crippen LogP contribution in [0.2, 0.25) is 0 Å². The van der Waals surface area contributed by atoms with Gasteiger partial charge in [-0.1, -0.05) is 19.1 Å². The lowest BCUT2D eigenvalue weighted by molar-refractivity contribution is -0.123. The largest absolute Gasteiger partial charge is 0.346 e. The molecule has 1 aliphatic rings. The Morgan fingerprint density at radius 1 is 1.31 bits per heavy atom. The number of nitrogens with one attached hydrogen (secondary N) is 2. The predicted octanol–water partition coefficient (Wildman–Crippen LogP) is 3.82. The van der Waals surface area contributed by atoms with Gasteiger partial charge in [-0.15, -0.1) is 0 Å². The number of nitrogens with zero attached hydrogens (tertiary/aromatic N) is 2. The predicted molar refractivity (Wildman–Crippen MR) is 106 cm³/mol. The number of carbonyl (C=O) groups is 1. The van der Waals surface area contributed by atoms with E-state index in [-0.39, 0.29) is 11.9 Å². The van der Waals surface area contributed by atoms with Crippen molar-refractivity contribution in [1.29, 1.82) is 0 Å². The fraction of sp³-hybridized carbons (Fsp3) is 0.619. The lowest BCUT2D eigenvalue weighted by Gasteiger charge is -2.28. The zero-order chi connectivity index (χ0) is 18.7. The maximum absolute atomic E-state index is 12.6. The average Bonchev–Trinajstić information content (AvgIpc) is 3.02. The Hall–Kier alpha value is -1.88. The van der Waals surface area contributed by atoms with E-state index in [4.69, 9.17) is 4.98 Å². The molecule has 1 aliphatic heterocycles. The van der Waals surface area contributed by atoms with Gasteiger partial charge in [-0.25, -0.2) is 4.98 Å². The molecule has 0 spiro atoms. The number of imidazole rings is 1. The van der Waals surface area contributed by atoms with Gasteiger partial charge in [0.25, 0.3) is 0 Å². The van der Waals surface area contributed by atoms with Crippen molar-refractivity contribution < 1.29 is 4.79 Å². The number of aromatic nitrogens is 2. The van der Waals surface area contributed by atoms with Crippen molar-refractivity contribution in [2.24, 2.45) is 11.8 Å². The number of amides is 1. The number of piperidine rings is 1. The van der Waals surface area contributed by atoms with E-state index in [0.717, 1.165) is 29.9 Å². The van der Waals surface area contributed by atoms with Gasteiger partial charge in [-0.2, -0.15) is 0 Å². The Labute approximate surface area is 156 Å². The highest BCUT2D eigenvalue weighted by atomic mass is 16.1. The maximum Gasteiger partial charge on any atom is 0.220 e. The summed E-state index contributed by atoms with van der Waals surface area (Å²) in [6, 6.07) is 8.36. The van der Waals surface area contributed by atoms with E-state index in [0.29, 0.717) is 24.3 Å². The van der Waals surface area contributed by atoms with Crippen molar-refractivity contribution in [2.45, 2.75) is 59.0 Å². The molecule has 1 saturated heterocycles. The van der Waals surface area contributed by atoms with Crippen molar-refractivity contribution in [1.82, 2.24) is 20.2 Å². The molecule has 5 nitrogen and oxygen atoms in total. The van der Waals surface area contributed by atoms with E-state index < -0.39 is 0 Å². The summed E-state index contributed by atoms with van der Waals surface area (Å²) in [6.07, 6.45) is 3.02. The van der Waals surface area contributed by atoms with Gasteiger partial charge >= 0.3 is 0 Å². The second kappa shape index (κ2) is 8.21. The van der Waals surface area contributed by atoms with Crippen LogP contribution >= 0.6 is 0 Å². The van der Waals surface area contributed by atoms with Gasteiger partial charge in [0, 0.05) is 12.5 Å². The first kappa shape index (κ1) is 18.9. The highest BCUT2D eigenvalue weighted by molar-refractivity contribution is 5.78. The standard InChI is InChI=1S/C21H32N4O/c1-14(2)25-19-10-6-5-9-18(19)24-21(25)16(4)23-20(26)12-15(3)17-8-7-11-22-13-17/h5-6,9-10,14-17,22H,7-8,11-13H2,1-4H3,(H,23,26). The molecule has 142 valence electrons. The van der Waals surface area contributed by atoms with Gasteiger partial charge in [-0.3, -0.25) is 4.79 Å². The van der Waals surface area contributed by atoms with Crippen molar-refractivity contribution >= 4 is 16.9 Å². The van der Waals surface area contributed by atoms with Crippen LogP contribution in [-0.2, 0) is 4.79 Å². The fourth-order valence-electron chi connectivity index (χ4n) is 4.10. The van der Waals surface area contributed by atoms with Crippen LogP contribution in [0.15, 0.2) is 24.3 Å². The zero-order valence-corrected chi connectivity index (χ0v) is 16.5. The summed E-state index contributed by atoms with van der Waals surface area (Å²) in [5.74, 6) is 2.06. The molecule has 2 aromatic rings. The molecule has 0 aliphatic carbocycles. The molecule has 1 fully saturated rings. The molecule has 0 saturated carbocycles. The second-order valence-corrected chi connectivity index (χ2v) is 8.00. The Bertz CT molecular complexity index is 746. The molecule has 2 heterocycles. The van der Waals surface area contributed by atoms with Crippen molar-refractivity contribution in [3.63, 3.8) is 0 Å². The third-order valence-electron chi connectivity index (χ3n) is 5.55. The topological polar surface area (TPSA) is 59.0 Å². The van der Waals surface area contributed by atoms with E-state index in [2.05, 4.69) is 42.0 Å². The van der Waals surface area contributed by atoms with Crippen LogP contribution in [0, 0.1) is 11.8 Å². The number of benzene rings is 1. The van der Waals surface area contributed by atoms with Crippen molar-refractivity contribution in [3.05, 3.63) is 30.1 Å².